The molecule has 1 aliphatic rings. The largest absolute Gasteiger partial charge is 0.481 e. The molecule has 0 bridgehead atoms. The fourth-order valence-corrected chi connectivity index (χ4v) is 3.40. The van der Waals surface area contributed by atoms with Crippen LogP contribution in [0, 0.1) is 17.3 Å². The Morgan fingerprint density at radius 3 is 2.40 bits per heavy atom. The number of carbonyl (C=O) groups is 2. The average molecular weight is 276 g/mol. The molecule has 1 fully saturated rings. The minimum absolute atomic E-state index is 0.308. The Morgan fingerprint density at radius 2 is 1.85 bits per heavy atom. The van der Waals surface area contributed by atoms with Gasteiger partial charge in [-0.25, -0.2) is 0 Å². The highest BCUT2D eigenvalue weighted by Crippen LogP contribution is 2.46. The van der Waals surface area contributed by atoms with Crippen LogP contribution in [0.3, 0.4) is 0 Å². The van der Waals surface area contributed by atoms with Gasteiger partial charge in [0, 0.05) is 0 Å². The Balaban J connectivity index is 2.29. The van der Waals surface area contributed by atoms with Crippen molar-refractivity contribution in [1.82, 2.24) is 0 Å². The molecular formula is C16H20O4. The third-order valence-corrected chi connectivity index (χ3v) is 4.55. The molecule has 0 aliphatic heterocycles. The number of aliphatic carboxylic acids is 2. The van der Waals surface area contributed by atoms with Gasteiger partial charge in [-0.15, -0.1) is 0 Å². The molecule has 0 heterocycles. The van der Waals surface area contributed by atoms with Gasteiger partial charge in [0.1, 0.15) is 0 Å². The topological polar surface area (TPSA) is 74.6 Å². The summed E-state index contributed by atoms with van der Waals surface area (Å²) in [6.45, 7) is 1.69. The summed E-state index contributed by atoms with van der Waals surface area (Å²) in [5.74, 6) is -2.62. The van der Waals surface area contributed by atoms with Gasteiger partial charge in [0.2, 0.25) is 0 Å². The van der Waals surface area contributed by atoms with Gasteiger partial charge in [0.25, 0.3) is 0 Å². The van der Waals surface area contributed by atoms with E-state index < -0.39 is 23.3 Å². The number of hydrogen-bond acceptors (Lipinski definition) is 2. The smallest absolute Gasteiger partial charge is 0.309 e. The van der Waals surface area contributed by atoms with Gasteiger partial charge in [-0.2, -0.15) is 0 Å². The van der Waals surface area contributed by atoms with Crippen LogP contribution in [0.5, 0.6) is 0 Å². The number of carboxylic acids is 2. The van der Waals surface area contributed by atoms with Crippen molar-refractivity contribution in [3.63, 3.8) is 0 Å². The zero-order chi connectivity index (χ0) is 14.8. The number of hydrogen-bond donors (Lipinski definition) is 2. The summed E-state index contributed by atoms with van der Waals surface area (Å²) in [7, 11) is 0. The van der Waals surface area contributed by atoms with E-state index in [1.54, 1.807) is 6.92 Å². The highest BCUT2D eigenvalue weighted by molar-refractivity contribution is 5.78. The zero-order valence-electron chi connectivity index (χ0n) is 11.6. The lowest BCUT2D eigenvalue weighted by Crippen LogP contribution is -2.41. The van der Waals surface area contributed by atoms with E-state index in [0.29, 0.717) is 19.3 Å². The maximum atomic E-state index is 11.8. The Labute approximate surface area is 118 Å². The Morgan fingerprint density at radius 1 is 1.20 bits per heavy atom. The van der Waals surface area contributed by atoms with Crippen molar-refractivity contribution in [2.75, 3.05) is 0 Å². The van der Waals surface area contributed by atoms with Crippen LogP contribution in [0.2, 0.25) is 0 Å². The highest BCUT2D eigenvalue weighted by Gasteiger charge is 2.49. The molecule has 0 saturated heterocycles. The lowest BCUT2D eigenvalue weighted by atomic mass is 9.68. The monoisotopic (exact) mass is 276 g/mol. The van der Waals surface area contributed by atoms with Crippen molar-refractivity contribution in [1.29, 1.82) is 0 Å². The second-order valence-corrected chi connectivity index (χ2v) is 5.87. The summed E-state index contributed by atoms with van der Waals surface area (Å²) in [4.78, 5) is 23.1. The summed E-state index contributed by atoms with van der Waals surface area (Å²) in [5.41, 5.74) is -0.0885. The van der Waals surface area contributed by atoms with Crippen LogP contribution in [-0.4, -0.2) is 22.2 Å². The molecule has 0 amide bonds. The van der Waals surface area contributed by atoms with Gasteiger partial charge < -0.3 is 10.2 Å². The number of rotatable bonds is 5. The fraction of sp³-hybridized carbons (Fsp3) is 0.500. The predicted molar refractivity (Wildman–Crippen MR) is 74.4 cm³/mol. The quantitative estimate of drug-likeness (QED) is 0.867. The fourth-order valence-electron chi connectivity index (χ4n) is 3.40. The summed E-state index contributed by atoms with van der Waals surface area (Å²) in [6, 6.07) is 9.43. The molecule has 20 heavy (non-hydrogen) atoms. The normalized spacial score (nSPS) is 25.1. The van der Waals surface area contributed by atoms with E-state index in [2.05, 4.69) is 0 Å². The van der Waals surface area contributed by atoms with Gasteiger partial charge in [-0.1, -0.05) is 36.8 Å². The predicted octanol–water partition coefficient (Wildman–Crippen LogP) is 2.82. The zero-order valence-corrected chi connectivity index (χ0v) is 11.6. The van der Waals surface area contributed by atoms with E-state index in [1.165, 1.54) is 0 Å². The summed E-state index contributed by atoms with van der Waals surface area (Å²) in [5, 5.41) is 19.0. The first-order valence-corrected chi connectivity index (χ1v) is 6.95. The molecule has 0 aromatic heterocycles. The maximum absolute atomic E-state index is 11.8. The average Bonchev–Trinajstić information content (AvgIpc) is 2.89. The standard InChI is InChI=1S/C16H20O4/c1-16(15(19)20,10-11-6-3-2-4-7-11)13-9-5-8-12(13)14(17)18/h2-4,6-7,12-13H,5,8-10H2,1H3,(H,17,18)(H,19,20). The van der Waals surface area contributed by atoms with Crippen LogP contribution in [-0.2, 0) is 16.0 Å². The van der Waals surface area contributed by atoms with Crippen LogP contribution in [0.25, 0.3) is 0 Å². The van der Waals surface area contributed by atoms with Crippen LogP contribution >= 0.6 is 0 Å². The minimum atomic E-state index is -1.03. The second-order valence-electron chi connectivity index (χ2n) is 5.87. The Kier molecular flexibility index (Phi) is 4.12. The molecule has 1 aromatic rings. The molecule has 2 N–H and O–H groups in total. The van der Waals surface area contributed by atoms with E-state index in [4.69, 9.17) is 0 Å². The van der Waals surface area contributed by atoms with Crippen molar-refractivity contribution in [3.05, 3.63) is 35.9 Å². The molecule has 3 unspecified atom stereocenters. The molecule has 2 rings (SSSR count). The van der Waals surface area contributed by atoms with Crippen molar-refractivity contribution in [2.45, 2.75) is 32.6 Å². The summed E-state index contributed by atoms with van der Waals surface area (Å²) >= 11 is 0. The van der Waals surface area contributed by atoms with Crippen molar-refractivity contribution in [2.24, 2.45) is 17.3 Å². The highest BCUT2D eigenvalue weighted by atomic mass is 16.4. The molecule has 1 saturated carbocycles. The molecule has 4 nitrogen and oxygen atoms in total. The first-order chi connectivity index (χ1) is 9.45. The van der Waals surface area contributed by atoms with Crippen LogP contribution in [0.4, 0.5) is 0 Å². The summed E-state index contributed by atoms with van der Waals surface area (Å²) < 4.78 is 0. The van der Waals surface area contributed by atoms with E-state index in [0.717, 1.165) is 12.0 Å². The van der Waals surface area contributed by atoms with Gasteiger partial charge in [0.05, 0.1) is 11.3 Å². The van der Waals surface area contributed by atoms with Gasteiger partial charge >= 0.3 is 11.9 Å². The molecule has 108 valence electrons. The first-order valence-electron chi connectivity index (χ1n) is 6.95. The van der Waals surface area contributed by atoms with Gasteiger partial charge in [-0.05, 0) is 37.7 Å². The van der Waals surface area contributed by atoms with Crippen LogP contribution in [0.15, 0.2) is 30.3 Å². The van der Waals surface area contributed by atoms with E-state index in [-0.39, 0.29) is 5.92 Å². The van der Waals surface area contributed by atoms with Crippen LogP contribution in [0.1, 0.15) is 31.7 Å². The third-order valence-electron chi connectivity index (χ3n) is 4.55. The second kappa shape index (κ2) is 5.65. The molecule has 4 heteroatoms. The van der Waals surface area contributed by atoms with Gasteiger partial charge in [0.15, 0.2) is 0 Å². The van der Waals surface area contributed by atoms with E-state index in [9.17, 15) is 19.8 Å². The van der Waals surface area contributed by atoms with Crippen LogP contribution < -0.4 is 0 Å². The molecule has 0 spiro atoms. The minimum Gasteiger partial charge on any atom is -0.481 e. The SMILES string of the molecule is CC(Cc1ccccc1)(C(=O)O)C1CCCC1C(=O)O. The Bertz CT molecular complexity index is 496. The number of benzene rings is 1. The molecular weight excluding hydrogens is 256 g/mol. The molecule has 1 aliphatic carbocycles. The molecule has 0 radical (unpaired) electrons. The van der Waals surface area contributed by atoms with Crippen molar-refractivity contribution < 1.29 is 19.8 Å². The van der Waals surface area contributed by atoms with Crippen molar-refractivity contribution in [3.8, 4) is 0 Å². The molecule has 3 atom stereocenters. The summed E-state index contributed by atoms with van der Waals surface area (Å²) in [6.07, 6.45) is 2.42. The lowest BCUT2D eigenvalue weighted by molar-refractivity contribution is -0.155. The number of carboxylic acid groups (broad SMARTS) is 2. The third kappa shape index (κ3) is 2.69. The maximum Gasteiger partial charge on any atom is 0.309 e. The molecule has 1 aromatic carbocycles. The van der Waals surface area contributed by atoms with E-state index in [1.807, 2.05) is 30.3 Å². The Hall–Kier alpha value is -1.84. The van der Waals surface area contributed by atoms with Gasteiger partial charge in [-0.3, -0.25) is 9.59 Å². The van der Waals surface area contributed by atoms with Crippen molar-refractivity contribution >= 4 is 11.9 Å². The van der Waals surface area contributed by atoms with E-state index >= 15 is 0 Å². The first kappa shape index (κ1) is 14.6. The lowest BCUT2D eigenvalue weighted by Gasteiger charge is -2.34.